The molecule has 10 nitrogen and oxygen atoms in total. The van der Waals surface area contributed by atoms with E-state index in [1.807, 2.05) is 93.6 Å². The third-order valence-corrected chi connectivity index (χ3v) is 9.53. The number of ether oxygens (including phenoxy) is 1. The van der Waals surface area contributed by atoms with Gasteiger partial charge < -0.3 is 31.1 Å². The van der Waals surface area contributed by atoms with Crippen molar-refractivity contribution in [3.8, 4) is 5.75 Å². The van der Waals surface area contributed by atoms with Crippen LogP contribution in [-0.4, -0.2) is 64.5 Å². The van der Waals surface area contributed by atoms with E-state index >= 15 is 0 Å². The van der Waals surface area contributed by atoms with Crippen molar-refractivity contribution < 1.29 is 29.0 Å². The summed E-state index contributed by atoms with van der Waals surface area (Å²) in [4.78, 5) is 56.1. The maximum absolute atomic E-state index is 14.3. The summed E-state index contributed by atoms with van der Waals surface area (Å²) < 4.78 is 5.83. The average Bonchev–Trinajstić information content (AvgIpc) is 3.14. The van der Waals surface area contributed by atoms with Crippen LogP contribution < -0.4 is 21.1 Å². The second-order valence-corrected chi connectivity index (χ2v) is 13.5. The molecule has 0 saturated heterocycles. The SMILES string of the molecule is CCCOc1cc(C)c(C[C@H](N)C(=O)N2Cc3ccccc3C[C@H]2C(=O)N[C@@H](Cc2ccccc2)C(=O)N[C@@H](Cc2ccccc2)C(=O)O)c(C)c1. The molecule has 272 valence electrons. The number of aliphatic carboxylic acids is 1. The second-order valence-electron chi connectivity index (χ2n) is 13.5. The van der Waals surface area contributed by atoms with Gasteiger partial charge in [0.15, 0.2) is 0 Å². The zero-order chi connectivity index (χ0) is 37.2. The van der Waals surface area contributed by atoms with Crippen molar-refractivity contribution in [1.29, 1.82) is 0 Å². The topological polar surface area (TPSA) is 151 Å². The van der Waals surface area contributed by atoms with E-state index < -0.39 is 42.0 Å². The van der Waals surface area contributed by atoms with E-state index in [1.54, 1.807) is 24.3 Å². The first-order valence-corrected chi connectivity index (χ1v) is 17.8. The number of benzene rings is 4. The number of carbonyl (C=O) groups excluding carboxylic acids is 3. The molecule has 0 unspecified atom stereocenters. The van der Waals surface area contributed by atoms with Crippen molar-refractivity contribution in [3.05, 3.63) is 136 Å². The van der Waals surface area contributed by atoms with Gasteiger partial charge in [0.25, 0.3) is 0 Å². The number of nitrogens with zero attached hydrogens (tertiary/aromatic N) is 1. The van der Waals surface area contributed by atoms with Crippen LogP contribution in [-0.2, 0) is 51.4 Å². The molecule has 4 aromatic rings. The molecule has 0 fully saturated rings. The van der Waals surface area contributed by atoms with E-state index in [-0.39, 0.29) is 38.1 Å². The Hall–Kier alpha value is -5.48. The Morgan fingerprint density at radius 3 is 1.94 bits per heavy atom. The lowest BCUT2D eigenvalue weighted by Crippen LogP contribution is -2.60. The number of carboxylic acid groups (broad SMARTS) is 1. The fraction of sp³-hybridized carbons (Fsp3) is 0.333. The Kier molecular flexibility index (Phi) is 12.8. The third-order valence-electron chi connectivity index (χ3n) is 9.53. The third kappa shape index (κ3) is 9.64. The molecular formula is C42H48N4O6. The average molecular weight is 705 g/mol. The van der Waals surface area contributed by atoms with Crippen molar-refractivity contribution in [3.63, 3.8) is 0 Å². The number of fused-ring (bicyclic) bond motifs is 1. The van der Waals surface area contributed by atoms with Crippen LogP contribution in [0, 0.1) is 13.8 Å². The van der Waals surface area contributed by atoms with Gasteiger partial charge in [-0.15, -0.1) is 0 Å². The molecule has 52 heavy (non-hydrogen) atoms. The summed E-state index contributed by atoms with van der Waals surface area (Å²) >= 11 is 0. The Morgan fingerprint density at radius 2 is 1.37 bits per heavy atom. The Balaban J connectivity index is 1.38. The number of hydrogen-bond acceptors (Lipinski definition) is 6. The summed E-state index contributed by atoms with van der Waals surface area (Å²) in [6, 6.07) is 25.5. The molecular weight excluding hydrogens is 656 g/mol. The molecule has 0 aliphatic carbocycles. The van der Waals surface area contributed by atoms with Gasteiger partial charge in [-0.3, -0.25) is 14.4 Å². The van der Waals surface area contributed by atoms with Gasteiger partial charge in [0.1, 0.15) is 23.9 Å². The summed E-state index contributed by atoms with van der Waals surface area (Å²) in [6.07, 6.45) is 1.58. The number of aryl methyl sites for hydroxylation is 2. The van der Waals surface area contributed by atoms with Crippen LogP contribution in [0.1, 0.15) is 52.3 Å². The summed E-state index contributed by atoms with van der Waals surface area (Å²) in [6.45, 7) is 6.77. The van der Waals surface area contributed by atoms with Gasteiger partial charge in [-0.2, -0.15) is 0 Å². The lowest BCUT2D eigenvalue weighted by molar-refractivity contribution is -0.144. The van der Waals surface area contributed by atoms with Crippen LogP contribution in [0.4, 0.5) is 0 Å². The van der Waals surface area contributed by atoms with Gasteiger partial charge in [0.05, 0.1) is 12.6 Å². The Bertz CT molecular complexity index is 1840. The summed E-state index contributed by atoms with van der Waals surface area (Å²) in [7, 11) is 0. The maximum Gasteiger partial charge on any atom is 0.326 e. The maximum atomic E-state index is 14.3. The first-order valence-electron chi connectivity index (χ1n) is 17.8. The van der Waals surface area contributed by atoms with Crippen LogP contribution >= 0.6 is 0 Å². The molecule has 1 aliphatic heterocycles. The normalized spacial score (nSPS) is 15.5. The van der Waals surface area contributed by atoms with Crippen molar-refractivity contribution in [2.45, 2.75) is 83.6 Å². The minimum atomic E-state index is -1.22. The molecule has 0 bridgehead atoms. The van der Waals surface area contributed by atoms with Gasteiger partial charge in [-0.25, -0.2) is 4.79 Å². The minimum Gasteiger partial charge on any atom is -0.494 e. The molecule has 0 spiro atoms. The van der Waals surface area contributed by atoms with Gasteiger partial charge in [0, 0.05) is 25.8 Å². The molecule has 1 aliphatic rings. The number of nitrogens with two attached hydrogens (primary N) is 1. The molecule has 5 rings (SSSR count). The number of amides is 3. The highest BCUT2D eigenvalue weighted by atomic mass is 16.5. The van der Waals surface area contributed by atoms with Gasteiger partial charge in [-0.1, -0.05) is 91.9 Å². The zero-order valence-electron chi connectivity index (χ0n) is 30.0. The van der Waals surface area contributed by atoms with E-state index in [9.17, 15) is 24.3 Å². The largest absolute Gasteiger partial charge is 0.494 e. The molecule has 10 heteroatoms. The van der Waals surface area contributed by atoms with Crippen molar-refractivity contribution in [1.82, 2.24) is 15.5 Å². The standard InChI is InChI=1S/C42H48N4O6/c1-4-19-52-33-20-27(2)34(28(3)21-33)25-35(43)41(49)46-26-32-18-12-11-17-31(32)24-38(46)40(48)44-36(22-29-13-7-5-8-14-29)39(47)45-37(42(50)51)23-30-15-9-6-10-16-30/h5-18,20-21,35-38H,4,19,22-26,43H2,1-3H3,(H,44,48)(H,45,47)(H,50,51)/t35-,36-,37-,38-/m0/s1. The quantitative estimate of drug-likeness (QED) is 0.143. The molecule has 0 radical (unpaired) electrons. The summed E-state index contributed by atoms with van der Waals surface area (Å²) in [5.41, 5.74) is 12.9. The zero-order valence-corrected chi connectivity index (χ0v) is 30.0. The van der Waals surface area contributed by atoms with Crippen LogP contribution in [0.15, 0.2) is 97.1 Å². The highest BCUT2D eigenvalue weighted by Gasteiger charge is 2.38. The number of rotatable bonds is 15. The van der Waals surface area contributed by atoms with Crippen LogP contribution in [0.3, 0.4) is 0 Å². The monoisotopic (exact) mass is 704 g/mol. The highest BCUT2D eigenvalue weighted by molar-refractivity contribution is 5.95. The van der Waals surface area contributed by atoms with E-state index in [4.69, 9.17) is 10.5 Å². The van der Waals surface area contributed by atoms with Gasteiger partial charge >= 0.3 is 5.97 Å². The lowest BCUT2D eigenvalue weighted by Gasteiger charge is -2.38. The predicted octanol–water partition coefficient (Wildman–Crippen LogP) is 4.46. The number of carboxylic acids is 1. The summed E-state index contributed by atoms with van der Waals surface area (Å²) in [5, 5.41) is 15.6. The van der Waals surface area contributed by atoms with Crippen molar-refractivity contribution in [2.24, 2.45) is 5.73 Å². The molecule has 4 atom stereocenters. The van der Waals surface area contributed by atoms with Crippen molar-refractivity contribution in [2.75, 3.05) is 6.61 Å². The first kappa shape index (κ1) is 37.8. The highest BCUT2D eigenvalue weighted by Crippen LogP contribution is 2.27. The second kappa shape index (κ2) is 17.6. The first-order chi connectivity index (χ1) is 25.0. The summed E-state index contributed by atoms with van der Waals surface area (Å²) in [5.74, 6) is -1.95. The van der Waals surface area contributed by atoms with E-state index in [1.165, 1.54) is 4.90 Å². The number of nitrogens with one attached hydrogen (secondary N) is 2. The van der Waals surface area contributed by atoms with Crippen molar-refractivity contribution >= 4 is 23.7 Å². The molecule has 5 N–H and O–H groups in total. The lowest BCUT2D eigenvalue weighted by atomic mass is 9.91. The molecule has 3 amide bonds. The van der Waals surface area contributed by atoms with E-state index in [0.29, 0.717) is 6.61 Å². The van der Waals surface area contributed by atoms with Gasteiger partial charge in [0.2, 0.25) is 17.7 Å². The van der Waals surface area contributed by atoms with Crippen LogP contribution in [0.25, 0.3) is 0 Å². The molecule has 1 heterocycles. The van der Waals surface area contributed by atoms with Gasteiger partial charge in [-0.05, 0) is 77.8 Å². The Morgan fingerprint density at radius 1 is 0.808 bits per heavy atom. The fourth-order valence-corrected chi connectivity index (χ4v) is 6.74. The molecule has 0 saturated carbocycles. The van der Waals surface area contributed by atoms with Crippen LogP contribution in [0.5, 0.6) is 5.75 Å². The predicted molar refractivity (Wildman–Crippen MR) is 200 cm³/mol. The van der Waals surface area contributed by atoms with E-state index in [0.717, 1.165) is 51.1 Å². The minimum absolute atomic E-state index is 0.0704. The number of hydrogen-bond donors (Lipinski definition) is 4. The Labute approximate surface area is 305 Å². The van der Waals surface area contributed by atoms with Crippen LogP contribution in [0.2, 0.25) is 0 Å². The molecule has 4 aromatic carbocycles. The fourth-order valence-electron chi connectivity index (χ4n) is 6.74. The molecule has 0 aromatic heterocycles. The van der Waals surface area contributed by atoms with E-state index in [2.05, 4.69) is 10.6 Å². The number of carbonyl (C=O) groups is 4. The smallest absolute Gasteiger partial charge is 0.326 e.